The Hall–Kier alpha value is -2.42. The molecule has 0 radical (unpaired) electrons. The Balaban J connectivity index is 1.86. The van der Waals surface area contributed by atoms with Gasteiger partial charge in [0.2, 0.25) is 0 Å². The SMILES string of the molecule is CC1=CN2c3c(ccc4c3oc3ccccc34)CC2N1C. The van der Waals surface area contributed by atoms with E-state index in [4.69, 9.17) is 4.42 Å². The predicted molar refractivity (Wildman–Crippen MR) is 85.2 cm³/mol. The minimum Gasteiger partial charge on any atom is -0.454 e. The number of furan rings is 1. The van der Waals surface area contributed by atoms with Gasteiger partial charge in [0.05, 0.1) is 5.69 Å². The maximum absolute atomic E-state index is 6.18. The quantitative estimate of drug-likeness (QED) is 0.617. The fourth-order valence-electron chi connectivity index (χ4n) is 3.71. The molecule has 0 spiro atoms. The molecule has 0 aliphatic carbocycles. The first-order valence-corrected chi connectivity index (χ1v) is 7.37. The molecular formula is C18H16N2O. The van der Waals surface area contributed by atoms with Gasteiger partial charge in [-0.1, -0.05) is 30.3 Å². The Morgan fingerprint density at radius 3 is 2.86 bits per heavy atom. The van der Waals surface area contributed by atoms with E-state index in [-0.39, 0.29) is 0 Å². The van der Waals surface area contributed by atoms with Crippen molar-refractivity contribution in [3.63, 3.8) is 0 Å². The molecule has 2 aliphatic heterocycles. The zero-order chi connectivity index (χ0) is 14.1. The van der Waals surface area contributed by atoms with E-state index in [1.165, 1.54) is 27.7 Å². The Morgan fingerprint density at radius 2 is 1.95 bits per heavy atom. The van der Waals surface area contributed by atoms with Gasteiger partial charge in [0, 0.05) is 36.1 Å². The molecule has 21 heavy (non-hydrogen) atoms. The molecule has 0 saturated carbocycles. The van der Waals surface area contributed by atoms with Gasteiger partial charge in [-0.15, -0.1) is 0 Å². The van der Waals surface area contributed by atoms with Gasteiger partial charge in [0.1, 0.15) is 11.7 Å². The van der Waals surface area contributed by atoms with Crippen LogP contribution in [-0.2, 0) is 6.42 Å². The van der Waals surface area contributed by atoms with Crippen molar-refractivity contribution in [2.75, 3.05) is 11.9 Å². The van der Waals surface area contributed by atoms with Gasteiger partial charge in [-0.25, -0.2) is 0 Å². The van der Waals surface area contributed by atoms with E-state index in [0.717, 1.165) is 17.6 Å². The second kappa shape index (κ2) is 3.61. The molecule has 0 saturated heterocycles. The van der Waals surface area contributed by atoms with Crippen molar-refractivity contribution in [2.24, 2.45) is 0 Å². The standard InChI is InChI=1S/C18H16N2O/c1-11-10-20-16(19(11)2)9-12-7-8-14-13-5-3-4-6-15(13)21-18(14)17(12)20/h3-8,10,16H,9H2,1-2H3. The summed E-state index contributed by atoms with van der Waals surface area (Å²) in [4.78, 5) is 4.71. The summed E-state index contributed by atoms with van der Waals surface area (Å²) in [6.07, 6.45) is 3.69. The van der Waals surface area contributed by atoms with Crippen LogP contribution in [0.1, 0.15) is 12.5 Å². The zero-order valence-corrected chi connectivity index (χ0v) is 12.1. The average Bonchev–Trinajstić information content (AvgIpc) is 3.11. The van der Waals surface area contributed by atoms with Crippen LogP contribution in [0.5, 0.6) is 0 Å². The smallest absolute Gasteiger partial charge is 0.159 e. The number of nitrogens with zero attached hydrogens (tertiary/aromatic N) is 2. The molecule has 0 fully saturated rings. The van der Waals surface area contributed by atoms with Gasteiger partial charge in [-0.05, 0) is 18.6 Å². The first-order chi connectivity index (χ1) is 10.2. The minimum atomic E-state index is 0.402. The third-order valence-corrected chi connectivity index (χ3v) is 4.92. The molecule has 1 unspecified atom stereocenters. The summed E-state index contributed by atoms with van der Waals surface area (Å²) in [5.74, 6) is 0. The van der Waals surface area contributed by atoms with Crippen LogP contribution in [0.2, 0.25) is 0 Å². The monoisotopic (exact) mass is 276 g/mol. The van der Waals surface area contributed by atoms with E-state index in [9.17, 15) is 0 Å². The summed E-state index contributed by atoms with van der Waals surface area (Å²) in [5, 5.41) is 2.41. The van der Waals surface area contributed by atoms with E-state index >= 15 is 0 Å². The van der Waals surface area contributed by atoms with Crippen LogP contribution in [0.3, 0.4) is 0 Å². The van der Waals surface area contributed by atoms with Crippen molar-refractivity contribution in [2.45, 2.75) is 19.5 Å². The van der Waals surface area contributed by atoms with Crippen LogP contribution >= 0.6 is 0 Å². The van der Waals surface area contributed by atoms with E-state index in [1.54, 1.807) is 0 Å². The fourth-order valence-corrected chi connectivity index (χ4v) is 3.71. The Kier molecular flexibility index (Phi) is 1.94. The number of rotatable bonds is 0. The third-order valence-electron chi connectivity index (χ3n) is 4.92. The lowest BCUT2D eigenvalue weighted by Crippen LogP contribution is -2.34. The largest absolute Gasteiger partial charge is 0.454 e. The number of anilines is 1. The number of benzene rings is 2. The number of hydrogen-bond acceptors (Lipinski definition) is 3. The highest BCUT2D eigenvalue weighted by Gasteiger charge is 2.37. The third kappa shape index (κ3) is 1.29. The number of fused-ring (bicyclic) bond motifs is 7. The van der Waals surface area contributed by atoms with Gasteiger partial charge < -0.3 is 14.2 Å². The van der Waals surface area contributed by atoms with Gasteiger partial charge >= 0.3 is 0 Å². The summed E-state index contributed by atoms with van der Waals surface area (Å²) in [7, 11) is 2.16. The molecule has 2 aliphatic rings. The van der Waals surface area contributed by atoms with Gasteiger partial charge in [0.25, 0.3) is 0 Å². The summed E-state index contributed by atoms with van der Waals surface area (Å²) in [6.45, 7) is 2.16. The van der Waals surface area contributed by atoms with Crippen LogP contribution in [0.25, 0.3) is 21.9 Å². The molecule has 0 N–H and O–H groups in total. The molecule has 5 rings (SSSR count). The van der Waals surface area contributed by atoms with Crippen LogP contribution in [-0.4, -0.2) is 18.1 Å². The molecule has 3 heteroatoms. The summed E-state index contributed by atoms with van der Waals surface area (Å²) in [5.41, 5.74) is 5.92. The number of hydrogen-bond donors (Lipinski definition) is 0. The Morgan fingerprint density at radius 1 is 1.10 bits per heavy atom. The normalized spacial score (nSPS) is 20.3. The lowest BCUT2D eigenvalue weighted by Gasteiger charge is -2.24. The average molecular weight is 276 g/mol. The lowest BCUT2D eigenvalue weighted by molar-refractivity contribution is 0.344. The topological polar surface area (TPSA) is 19.6 Å². The molecule has 3 aromatic rings. The molecule has 0 amide bonds. The van der Waals surface area contributed by atoms with Gasteiger partial charge in [-0.2, -0.15) is 0 Å². The first kappa shape index (κ1) is 11.3. The maximum atomic E-state index is 6.18. The van der Waals surface area contributed by atoms with Crippen molar-refractivity contribution in [1.29, 1.82) is 0 Å². The van der Waals surface area contributed by atoms with Crippen molar-refractivity contribution < 1.29 is 4.42 Å². The minimum absolute atomic E-state index is 0.402. The van der Waals surface area contributed by atoms with Crippen LogP contribution in [0.4, 0.5) is 5.69 Å². The molecule has 1 aromatic heterocycles. The van der Waals surface area contributed by atoms with Crippen LogP contribution in [0, 0.1) is 0 Å². The van der Waals surface area contributed by atoms with Crippen molar-refractivity contribution in [1.82, 2.24) is 4.90 Å². The second-order valence-corrected chi connectivity index (χ2v) is 6.02. The summed E-state index contributed by atoms with van der Waals surface area (Å²) < 4.78 is 6.18. The lowest BCUT2D eigenvalue weighted by atomic mass is 10.1. The number of likely N-dealkylation sites (N-methyl/N-ethyl adjacent to an activating group) is 1. The van der Waals surface area contributed by atoms with Gasteiger partial charge in [0.15, 0.2) is 5.58 Å². The molecule has 1 atom stereocenters. The first-order valence-electron chi connectivity index (χ1n) is 7.37. The molecule has 104 valence electrons. The van der Waals surface area contributed by atoms with Crippen molar-refractivity contribution >= 4 is 27.6 Å². The fraction of sp³-hybridized carbons (Fsp3) is 0.222. The van der Waals surface area contributed by atoms with Crippen molar-refractivity contribution in [3.05, 3.63) is 53.9 Å². The van der Waals surface area contributed by atoms with E-state index in [0.29, 0.717) is 6.17 Å². The maximum Gasteiger partial charge on any atom is 0.159 e. The van der Waals surface area contributed by atoms with E-state index < -0.39 is 0 Å². The van der Waals surface area contributed by atoms with Crippen LogP contribution < -0.4 is 4.90 Å². The molecule has 3 nitrogen and oxygen atoms in total. The Labute approximate surface area is 123 Å². The highest BCUT2D eigenvalue weighted by Crippen LogP contribution is 2.45. The number of para-hydroxylation sites is 1. The second-order valence-electron chi connectivity index (χ2n) is 6.02. The molecular weight excluding hydrogens is 260 g/mol. The van der Waals surface area contributed by atoms with E-state index in [2.05, 4.69) is 54.2 Å². The zero-order valence-electron chi connectivity index (χ0n) is 12.1. The van der Waals surface area contributed by atoms with Crippen LogP contribution in [0.15, 0.2) is 52.7 Å². The predicted octanol–water partition coefficient (Wildman–Crippen LogP) is 4.08. The number of allylic oxidation sites excluding steroid dienone is 1. The molecule has 2 aromatic carbocycles. The molecule has 0 bridgehead atoms. The van der Waals surface area contributed by atoms with E-state index in [1.807, 2.05) is 12.1 Å². The highest BCUT2D eigenvalue weighted by molar-refractivity contribution is 6.10. The summed E-state index contributed by atoms with van der Waals surface area (Å²) in [6, 6.07) is 12.7. The van der Waals surface area contributed by atoms with Gasteiger partial charge in [-0.3, -0.25) is 0 Å². The highest BCUT2D eigenvalue weighted by atomic mass is 16.3. The Bertz CT molecular complexity index is 922. The van der Waals surface area contributed by atoms with Crippen molar-refractivity contribution in [3.8, 4) is 0 Å². The molecule has 3 heterocycles. The summed E-state index contributed by atoms with van der Waals surface area (Å²) >= 11 is 0.